The highest BCUT2D eigenvalue weighted by atomic mass is 79.9. The molecule has 0 saturated heterocycles. The Hall–Kier alpha value is -0.340. The van der Waals surface area contributed by atoms with Gasteiger partial charge in [-0.05, 0) is 35.1 Å². The minimum absolute atomic E-state index is 0.0491. The molecule has 8 heteroatoms. The standard InChI is InChI=1S/C11H16BrClN2O3S/c1-14-4-5-15(2)19(16,17)10-7-8(13)6-9(12)11(10)18-3/h6-7,14H,4-5H2,1-3H3. The lowest BCUT2D eigenvalue weighted by atomic mass is 10.3. The molecular formula is C11H16BrClN2O3S. The molecule has 0 amide bonds. The third-order valence-corrected chi connectivity index (χ3v) is 5.21. The van der Waals surface area contributed by atoms with Crippen LogP contribution in [-0.2, 0) is 10.0 Å². The van der Waals surface area contributed by atoms with Gasteiger partial charge in [0.2, 0.25) is 10.0 Å². The summed E-state index contributed by atoms with van der Waals surface area (Å²) >= 11 is 9.16. The number of rotatable bonds is 6. The molecule has 0 radical (unpaired) electrons. The maximum Gasteiger partial charge on any atom is 0.246 e. The summed E-state index contributed by atoms with van der Waals surface area (Å²) in [6, 6.07) is 2.98. The lowest BCUT2D eigenvalue weighted by Crippen LogP contribution is -2.33. The second-order valence-corrected chi connectivity index (χ2v) is 7.15. The van der Waals surface area contributed by atoms with E-state index in [1.54, 1.807) is 13.1 Å². The molecule has 1 rings (SSSR count). The number of hydrogen-bond donors (Lipinski definition) is 1. The summed E-state index contributed by atoms with van der Waals surface area (Å²) in [5.74, 6) is 0.251. The van der Waals surface area contributed by atoms with E-state index in [4.69, 9.17) is 16.3 Å². The molecule has 1 aromatic carbocycles. The van der Waals surface area contributed by atoms with E-state index in [1.165, 1.54) is 24.5 Å². The molecule has 5 nitrogen and oxygen atoms in total. The van der Waals surface area contributed by atoms with Crippen LogP contribution in [0.15, 0.2) is 21.5 Å². The highest BCUT2D eigenvalue weighted by Crippen LogP contribution is 2.36. The van der Waals surface area contributed by atoms with Crippen LogP contribution in [0.1, 0.15) is 0 Å². The van der Waals surface area contributed by atoms with Gasteiger partial charge in [0.05, 0.1) is 11.6 Å². The molecule has 0 bridgehead atoms. The third-order valence-electron chi connectivity index (χ3n) is 2.54. The number of nitrogens with zero attached hydrogens (tertiary/aromatic N) is 1. The van der Waals surface area contributed by atoms with Gasteiger partial charge in [0.1, 0.15) is 4.90 Å². The predicted octanol–water partition coefficient (Wildman–Crippen LogP) is 1.95. The lowest BCUT2D eigenvalue weighted by molar-refractivity contribution is 0.395. The molecule has 0 unspecified atom stereocenters. The number of nitrogens with one attached hydrogen (secondary N) is 1. The molecule has 0 atom stereocenters. The smallest absolute Gasteiger partial charge is 0.246 e. The molecule has 0 aromatic heterocycles. The molecule has 0 aliphatic rings. The third kappa shape index (κ3) is 3.82. The van der Waals surface area contributed by atoms with Gasteiger partial charge in [-0.3, -0.25) is 0 Å². The van der Waals surface area contributed by atoms with E-state index in [2.05, 4.69) is 21.2 Å². The van der Waals surface area contributed by atoms with Crippen LogP contribution in [0.4, 0.5) is 0 Å². The Labute approximate surface area is 127 Å². The fraction of sp³-hybridized carbons (Fsp3) is 0.455. The van der Waals surface area contributed by atoms with Gasteiger partial charge >= 0.3 is 0 Å². The number of halogens is 2. The first-order valence-electron chi connectivity index (χ1n) is 5.48. The van der Waals surface area contributed by atoms with Crippen LogP contribution < -0.4 is 10.1 Å². The van der Waals surface area contributed by atoms with Gasteiger partial charge in [0.25, 0.3) is 0 Å². The van der Waals surface area contributed by atoms with Gasteiger partial charge in [-0.15, -0.1) is 0 Å². The van der Waals surface area contributed by atoms with Crippen molar-refractivity contribution in [2.24, 2.45) is 0 Å². The maximum atomic E-state index is 12.5. The summed E-state index contributed by atoms with van der Waals surface area (Å²) in [5, 5.41) is 3.23. The fourth-order valence-electron chi connectivity index (χ4n) is 1.48. The zero-order chi connectivity index (χ0) is 14.6. The second-order valence-electron chi connectivity index (χ2n) is 3.85. The zero-order valence-electron chi connectivity index (χ0n) is 10.9. The van der Waals surface area contributed by atoms with Crippen molar-refractivity contribution in [3.05, 3.63) is 21.6 Å². The van der Waals surface area contributed by atoms with Crippen LogP contribution in [-0.4, -0.2) is 47.0 Å². The van der Waals surface area contributed by atoms with Crippen molar-refractivity contribution in [1.29, 1.82) is 0 Å². The monoisotopic (exact) mass is 370 g/mol. The number of sulfonamides is 1. The summed E-state index contributed by atoms with van der Waals surface area (Å²) in [6.07, 6.45) is 0. The highest BCUT2D eigenvalue weighted by Gasteiger charge is 2.26. The number of methoxy groups -OCH3 is 1. The van der Waals surface area contributed by atoms with Gasteiger partial charge in [-0.2, -0.15) is 4.31 Å². The van der Waals surface area contributed by atoms with Crippen molar-refractivity contribution in [3.8, 4) is 5.75 Å². The van der Waals surface area contributed by atoms with Crippen LogP contribution in [0, 0.1) is 0 Å². The Morgan fingerprint density at radius 1 is 1.47 bits per heavy atom. The Kier molecular flexibility index (Phi) is 6.07. The van der Waals surface area contributed by atoms with Crippen molar-refractivity contribution >= 4 is 37.6 Å². The molecular weight excluding hydrogens is 356 g/mol. The Bertz CT molecular complexity index is 551. The Morgan fingerprint density at radius 3 is 2.63 bits per heavy atom. The quantitative estimate of drug-likeness (QED) is 0.830. The average molecular weight is 372 g/mol. The Balaban J connectivity index is 3.28. The fourth-order valence-corrected chi connectivity index (χ4v) is 4.02. The largest absolute Gasteiger partial charge is 0.494 e. The molecule has 0 heterocycles. The summed E-state index contributed by atoms with van der Waals surface area (Å²) < 4.78 is 31.8. The predicted molar refractivity (Wildman–Crippen MR) is 79.4 cm³/mol. The van der Waals surface area contributed by atoms with Crippen molar-refractivity contribution < 1.29 is 13.2 Å². The lowest BCUT2D eigenvalue weighted by Gasteiger charge is -2.19. The van der Waals surface area contributed by atoms with E-state index in [9.17, 15) is 8.42 Å². The summed E-state index contributed by atoms with van der Waals surface area (Å²) in [6.45, 7) is 0.909. The number of hydrogen-bond acceptors (Lipinski definition) is 4. The Morgan fingerprint density at radius 2 is 2.11 bits per heavy atom. The molecule has 0 spiro atoms. The topological polar surface area (TPSA) is 58.6 Å². The van der Waals surface area contributed by atoms with Crippen molar-refractivity contribution in [3.63, 3.8) is 0 Å². The summed E-state index contributed by atoms with van der Waals surface area (Å²) in [4.78, 5) is 0.0491. The van der Waals surface area contributed by atoms with Crippen molar-refractivity contribution in [2.45, 2.75) is 4.90 Å². The highest BCUT2D eigenvalue weighted by molar-refractivity contribution is 9.10. The van der Waals surface area contributed by atoms with Crippen LogP contribution in [0.2, 0.25) is 5.02 Å². The van der Waals surface area contributed by atoms with Gasteiger partial charge < -0.3 is 10.1 Å². The van der Waals surface area contributed by atoms with E-state index < -0.39 is 10.0 Å². The van der Waals surface area contributed by atoms with Gasteiger partial charge in [-0.1, -0.05) is 11.6 Å². The molecule has 0 saturated carbocycles. The average Bonchev–Trinajstić information content (AvgIpc) is 2.34. The molecule has 19 heavy (non-hydrogen) atoms. The minimum atomic E-state index is -3.65. The van der Waals surface area contributed by atoms with Gasteiger partial charge in [0, 0.05) is 25.2 Å². The van der Waals surface area contributed by atoms with Gasteiger partial charge in [0.15, 0.2) is 5.75 Å². The second kappa shape index (κ2) is 6.90. The number of ether oxygens (including phenoxy) is 1. The van der Waals surface area contributed by atoms with Crippen LogP contribution in [0.3, 0.4) is 0 Å². The first-order chi connectivity index (χ1) is 8.84. The van der Waals surface area contributed by atoms with E-state index >= 15 is 0 Å². The van der Waals surface area contributed by atoms with Crippen LogP contribution in [0.5, 0.6) is 5.75 Å². The minimum Gasteiger partial charge on any atom is -0.494 e. The van der Waals surface area contributed by atoms with Crippen LogP contribution >= 0.6 is 27.5 Å². The maximum absolute atomic E-state index is 12.5. The molecule has 1 N–H and O–H groups in total. The van der Waals surface area contributed by atoms with E-state index in [0.29, 0.717) is 22.6 Å². The summed E-state index contributed by atoms with van der Waals surface area (Å²) in [7, 11) is 1.05. The molecule has 0 aliphatic heterocycles. The molecule has 1 aromatic rings. The SMILES string of the molecule is CNCCN(C)S(=O)(=O)c1cc(Cl)cc(Br)c1OC. The van der Waals surface area contributed by atoms with E-state index in [1.807, 2.05) is 0 Å². The van der Waals surface area contributed by atoms with E-state index in [0.717, 1.165) is 0 Å². The van der Waals surface area contributed by atoms with Gasteiger partial charge in [-0.25, -0.2) is 8.42 Å². The first-order valence-corrected chi connectivity index (χ1v) is 8.09. The molecule has 0 fully saturated rings. The molecule has 0 aliphatic carbocycles. The molecule has 108 valence electrons. The van der Waals surface area contributed by atoms with Crippen molar-refractivity contribution in [2.75, 3.05) is 34.3 Å². The number of benzene rings is 1. The normalized spacial score (nSPS) is 11.9. The zero-order valence-corrected chi connectivity index (χ0v) is 14.1. The van der Waals surface area contributed by atoms with E-state index in [-0.39, 0.29) is 10.6 Å². The van der Waals surface area contributed by atoms with Crippen molar-refractivity contribution in [1.82, 2.24) is 9.62 Å². The first kappa shape index (κ1) is 16.7. The van der Waals surface area contributed by atoms with Crippen LogP contribution in [0.25, 0.3) is 0 Å². The summed E-state index contributed by atoms with van der Waals surface area (Å²) in [5.41, 5.74) is 0. The number of likely N-dealkylation sites (N-methyl/N-ethyl adjacent to an activating group) is 2.